The van der Waals surface area contributed by atoms with E-state index in [4.69, 9.17) is 9.47 Å². The van der Waals surface area contributed by atoms with E-state index in [1.165, 1.54) is 39.2 Å². The first-order valence-electron chi connectivity index (χ1n) is 20.2. The molecule has 11 rings (SSSR count). The second kappa shape index (κ2) is 12.9. The molecular weight excluding hydrogens is 647 g/mol. The number of benzene rings is 2. The third-order valence-electron chi connectivity index (χ3n) is 13.5. The first-order chi connectivity index (χ1) is 26.3. The quantitative estimate of drug-likeness (QED) is 0.298. The molecule has 11 unspecified atom stereocenters. The number of hydrogen-bond donors (Lipinski definition) is 0. The zero-order valence-electron chi connectivity index (χ0n) is 30.2. The van der Waals surface area contributed by atoms with Gasteiger partial charge in [-0.2, -0.15) is 0 Å². The minimum atomic E-state index is 0.0503. The topological polar surface area (TPSA) is 21.7 Å². The first kappa shape index (κ1) is 31.6. The highest BCUT2D eigenvalue weighted by molar-refractivity contribution is 5.78. The Morgan fingerprint density at radius 3 is 2.38 bits per heavy atom. The summed E-state index contributed by atoms with van der Waals surface area (Å²) in [6.45, 7) is 0. The summed E-state index contributed by atoms with van der Waals surface area (Å²) in [6.07, 6.45) is 48.3. The molecular formula is C50H47NO2. The SMILES string of the molecule is C1=CC2OC3C=CC=C(C4=CCCC=C4)C3C(C3C4=CCCC=C4OC4CC(c5cccc6c5N(c5ccccc5)C5C=CC=CC65)C=CC43)C2C=C1. The molecule has 3 heterocycles. The molecule has 2 fully saturated rings. The van der Waals surface area contributed by atoms with E-state index in [2.05, 4.69) is 163 Å². The maximum atomic E-state index is 7.20. The molecule has 264 valence electrons. The van der Waals surface area contributed by atoms with Gasteiger partial charge in [0.25, 0.3) is 0 Å². The summed E-state index contributed by atoms with van der Waals surface area (Å²) < 4.78 is 14.2. The normalized spacial score (nSPS) is 36.8. The number of ether oxygens (including phenoxy) is 2. The lowest BCUT2D eigenvalue weighted by Crippen LogP contribution is -2.54. The molecule has 2 aromatic carbocycles. The predicted molar refractivity (Wildman–Crippen MR) is 215 cm³/mol. The Bertz CT molecular complexity index is 2150. The number of nitrogens with zero attached hydrogens (tertiary/aromatic N) is 1. The van der Waals surface area contributed by atoms with Crippen molar-refractivity contribution >= 4 is 11.4 Å². The van der Waals surface area contributed by atoms with Gasteiger partial charge < -0.3 is 14.4 Å². The molecule has 11 atom stereocenters. The van der Waals surface area contributed by atoms with Gasteiger partial charge in [-0.25, -0.2) is 0 Å². The van der Waals surface area contributed by atoms with E-state index in [9.17, 15) is 0 Å². The standard InChI is InChI=1S/C50H47NO2/c1-3-15-32(16-4-1)35-22-14-28-45-48(35)49(40-21-9-12-27-44(40)52-45)47-39-20-8-11-26-43(39)53-46-31-33(29-30-41(46)47)36-23-13-24-38-37-19-7-10-25-42(37)51(50(36)38)34-17-5-2-6-18-34/h2-3,5-7,9-10,12-30,33,37,40-42,44-49H,1,4,8,11,31H2. The van der Waals surface area contributed by atoms with Crippen LogP contribution >= 0.6 is 0 Å². The second-order valence-electron chi connectivity index (χ2n) is 16.2. The van der Waals surface area contributed by atoms with Gasteiger partial charge in [-0.1, -0.05) is 140 Å². The van der Waals surface area contributed by atoms with Gasteiger partial charge in [0.2, 0.25) is 0 Å². The van der Waals surface area contributed by atoms with Crippen molar-refractivity contribution in [3.8, 4) is 0 Å². The smallest absolute Gasteiger partial charge is 0.118 e. The zero-order chi connectivity index (χ0) is 34.9. The molecule has 0 aromatic heterocycles. The van der Waals surface area contributed by atoms with E-state index < -0.39 is 0 Å². The third-order valence-corrected chi connectivity index (χ3v) is 13.5. The lowest BCUT2D eigenvalue weighted by atomic mass is 9.55. The molecule has 3 nitrogen and oxygen atoms in total. The van der Waals surface area contributed by atoms with Gasteiger partial charge in [0, 0.05) is 46.9 Å². The Morgan fingerprint density at radius 1 is 0.623 bits per heavy atom. The summed E-state index contributed by atoms with van der Waals surface area (Å²) in [4.78, 5) is 2.61. The van der Waals surface area contributed by atoms with Crippen LogP contribution < -0.4 is 4.90 Å². The van der Waals surface area contributed by atoms with Gasteiger partial charge in [-0.15, -0.1) is 0 Å². The predicted octanol–water partition coefficient (Wildman–Crippen LogP) is 11.2. The first-order valence-corrected chi connectivity index (χ1v) is 20.2. The summed E-state index contributed by atoms with van der Waals surface area (Å²) in [5.74, 6) is 3.31. The highest BCUT2D eigenvalue weighted by Crippen LogP contribution is 2.59. The third kappa shape index (κ3) is 5.11. The highest BCUT2D eigenvalue weighted by atomic mass is 16.5. The van der Waals surface area contributed by atoms with E-state index in [-0.39, 0.29) is 42.1 Å². The highest BCUT2D eigenvalue weighted by Gasteiger charge is 2.55. The Balaban J connectivity index is 1.02. The van der Waals surface area contributed by atoms with Crippen molar-refractivity contribution in [1.82, 2.24) is 0 Å². The van der Waals surface area contributed by atoms with Crippen LogP contribution in [0.5, 0.6) is 0 Å². The molecule has 0 spiro atoms. The van der Waals surface area contributed by atoms with Crippen LogP contribution in [0.3, 0.4) is 0 Å². The van der Waals surface area contributed by atoms with Crippen molar-refractivity contribution in [3.05, 3.63) is 192 Å². The molecule has 9 aliphatic rings. The lowest BCUT2D eigenvalue weighted by molar-refractivity contribution is -0.109. The largest absolute Gasteiger partial charge is 0.490 e. The van der Waals surface area contributed by atoms with E-state index in [1.807, 2.05) is 0 Å². The number of anilines is 2. The maximum absolute atomic E-state index is 7.20. The molecule has 0 radical (unpaired) electrons. The summed E-state index contributed by atoms with van der Waals surface area (Å²) >= 11 is 0. The summed E-state index contributed by atoms with van der Waals surface area (Å²) in [7, 11) is 0. The molecule has 0 amide bonds. The average molecular weight is 694 g/mol. The molecule has 3 aliphatic heterocycles. The Hall–Kier alpha value is -4.86. The number of fused-ring (bicyclic) bond motifs is 7. The van der Waals surface area contributed by atoms with Gasteiger partial charge in [-0.05, 0) is 84.1 Å². The van der Waals surface area contributed by atoms with Crippen molar-refractivity contribution < 1.29 is 9.47 Å². The number of allylic oxidation sites excluding steroid dienone is 14. The van der Waals surface area contributed by atoms with Crippen LogP contribution in [0.4, 0.5) is 11.4 Å². The van der Waals surface area contributed by atoms with Gasteiger partial charge in [0.1, 0.15) is 11.9 Å². The Morgan fingerprint density at radius 2 is 1.45 bits per heavy atom. The van der Waals surface area contributed by atoms with Crippen molar-refractivity contribution in [2.75, 3.05) is 4.90 Å². The molecule has 2 aromatic rings. The van der Waals surface area contributed by atoms with Crippen molar-refractivity contribution in [3.63, 3.8) is 0 Å². The molecule has 0 saturated carbocycles. The monoisotopic (exact) mass is 693 g/mol. The summed E-state index contributed by atoms with van der Waals surface area (Å²) in [5, 5.41) is 0. The van der Waals surface area contributed by atoms with E-state index in [0.29, 0.717) is 23.7 Å². The minimum Gasteiger partial charge on any atom is -0.490 e. The van der Waals surface area contributed by atoms with Crippen LogP contribution in [0.15, 0.2) is 180 Å². The van der Waals surface area contributed by atoms with Crippen molar-refractivity contribution in [2.45, 2.75) is 68.3 Å². The van der Waals surface area contributed by atoms with Gasteiger partial charge in [0.05, 0.1) is 18.2 Å². The molecule has 6 aliphatic carbocycles. The number of rotatable bonds is 4. The van der Waals surface area contributed by atoms with Crippen molar-refractivity contribution in [2.24, 2.45) is 29.6 Å². The fourth-order valence-electron chi connectivity index (χ4n) is 11.4. The van der Waals surface area contributed by atoms with E-state index in [1.54, 1.807) is 0 Å². The molecule has 53 heavy (non-hydrogen) atoms. The van der Waals surface area contributed by atoms with E-state index >= 15 is 0 Å². The number of para-hydroxylation sites is 2. The molecule has 2 saturated heterocycles. The fraction of sp³-hybridized carbons (Fsp3) is 0.320. The van der Waals surface area contributed by atoms with E-state index in [0.717, 1.165) is 37.9 Å². The molecule has 0 N–H and O–H groups in total. The molecule has 3 heteroatoms. The van der Waals surface area contributed by atoms with Crippen molar-refractivity contribution in [1.29, 1.82) is 0 Å². The van der Waals surface area contributed by atoms with Gasteiger partial charge in [0.15, 0.2) is 0 Å². The maximum Gasteiger partial charge on any atom is 0.118 e. The zero-order valence-corrected chi connectivity index (χ0v) is 30.2. The lowest BCUT2D eigenvalue weighted by Gasteiger charge is -2.55. The Kier molecular flexibility index (Phi) is 7.71. The summed E-state index contributed by atoms with van der Waals surface area (Å²) in [6, 6.07) is 18.3. The fourth-order valence-corrected chi connectivity index (χ4v) is 11.4. The minimum absolute atomic E-state index is 0.0503. The van der Waals surface area contributed by atoms with Crippen LogP contribution in [0, 0.1) is 29.6 Å². The molecule has 0 bridgehead atoms. The van der Waals surface area contributed by atoms with Crippen LogP contribution in [0.2, 0.25) is 0 Å². The van der Waals surface area contributed by atoms with Crippen LogP contribution in [-0.2, 0) is 9.47 Å². The summed E-state index contributed by atoms with van der Waals surface area (Å²) in [5.41, 5.74) is 9.77. The van der Waals surface area contributed by atoms with Gasteiger partial charge >= 0.3 is 0 Å². The van der Waals surface area contributed by atoms with Crippen LogP contribution in [0.25, 0.3) is 0 Å². The average Bonchev–Trinajstić information content (AvgIpc) is 3.57. The number of hydrogen-bond acceptors (Lipinski definition) is 3. The van der Waals surface area contributed by atoms with Crippen LogP contribution in [-0.4, -0.2) is 24.4 Å². The second-order valence-corrected chi connectivity index (χ2v) is 16.2. The van der Waals surface area contributed by atoms with Gasteiger partial charge in [-0.3, -0.25) is 0 Å². The van der Waals surface area contributed by atoms with Crippen LogP contribution in [0.1, 0.15) is 55.1 Å². The Labute approximate surface area is 314 Å².